The van der Waals surface area contributed by atoms with Crippen LogP contribution in [0.5, 0.6) is 0 Å². The second-order valence-electron chi connectivity index (χ2n) is 4.45. The van der Waals surface area contributed by atoms with Crippen LogP contribution in [-0.2, 0) is 23.4 Å². The molecule has 0 radical (unpaired) electrons. The Morgan fingerprint density at radius 2 is 2.10 bits per heavy atom. The molecule has 0 N–H and O–H groups in total. The van der Waals surface area contributed by atoms with Gasteiger partial charge in [0.25, 0.3) is 0 Å². The lowest BCUT2D eigenvalue weighted by Gasteiger charge is -2.01. The van der Waals surface area contributed by atoms with Crippen molar-refractivity contribution in [1.29, 1.82) is 0 Å². The standard InChI is InChI=1S/C12H16N4O3S/c1-3-20(18,19)5-4-16-8-11(9-17)12(14-16)10-6-13-15(2)7-10/h6-9H,3-5H2,1-2H3. The first-order chi connectivity index (χ1) is 9.45. The highest BCUT2D eigenvalue weighted by molar-refractivity contribution is 7.91. The molecule has 0 fully saturated rings. The number of rotatable bonds is 6. The molecule has 0 saturated carbocycles. The Morgan fingerprint density at radius 1 is 1.35 bits per heavy atom. The molecule has 0 atom stereocenters. The van der Waals surface area contributed by atoms with Gasteiger partial charge < -0.3 is 0 Å². The third-order valence-electron chi connectivity index (χ3n) is 2.97. The third kappa shape index (κ3) is 3.13. The van der Waals surface area contributed by atoms with Gasteiger partial charge in [0, 0.05) is 30.8 Å². The Bertz CT molecular complexity index is 715. The number of aryl methyl sites for hydroxylation is 2. The molecule has 2 aromatic heterocycles. The number of hydrogen-bond donors (Lipinski definition) is 0. The lowest BCUT2D eigenvalue weighted by atomic mass is 10.2. The monoisotopic (exact) mass is 296 g/mol. The summed E-state index contributed by atoms with van der Waals surface area (Å²) in [4.78, 5) is 11.1. The van der Waals surface area contributed by atoms with Crippen LogP contribution in [0, 0.1) is 0 Å². The molecular formula is C12H16N4O3S. The number of sulfone groups is 1. The SMILES string of the molecule is CCS(=O)(=O)CCn1cc(C=O)c(-c2cnn(C)c2)n1. The smallest absolute Gasteiger partial charge is 0.153 e. The van der Waals surface area contributed by atoms with Gasteiger partial charge >= 0.3 is 0 Å². The second-order valence-corrected chi connectivity index (χ2v) is 6.93. The highest BCUT2D eigenvalue weighted by atomic mass is 32.2. The molecule has 0 bridgehead atoms. The average molecular weight is 296 g/mol. The minimum Gasteiger partial charge on any atom is -0.298 e. The van der Waals surface area contributed by atoms with Crippen LogP contribution in [0.15, 0.2) is 18.6 Å². The van der Waals surface area contributed by atoms with Gasteiger partial charge in [-0.3, -0.25) is 14.2 Å². The van der Waals surface area contributed by atoms with Crippen LogP contribution < -0.4 is 0 Å². The molecule has 0 aliphatic rings. The maximum atomic E-state index is 11.5. The van der Waals surface area contributed by atoms with E-state index in [9.17, 15) is 13.2 Å². The summed E-state index contributed by atoms with van der Waals surface area (Å²) in [6.45, 7) is 1.84. The van der Waals surface area contributed by atoms with Crippen molar-refractivity contribution in [2.24, 2.45) is 7.05 Å². The summed E-state index contributed by atoms with van der Waals surface area (Å²) < 4.78 is 26.1. The molecule has 0 spiro atoms. The molecule has 0 unspecified atom stereocenters. The molecule has 0 amide bonds. The molecule has 0 aromatic carbocycles. The predicted octanol–water partition coefficient (Wildman–Crippen LogP) is 0.531. The van der Waals surface area contributed by atoms with Gasteiger partial charge in [-0.05, 0) is 0 Å². The molecule has 108 valence electrons. The zero-order chi connectivity index (χ0) is 14.8. The van der Waals surface area contributed by atoms with Crippen molar-refractivity contribution in [1.82, 2.24) is 19.6 Å². The Hall–Kier alpha value is -1.96. The number of aldehydes is 1. The molecule has 7 nitrogen and oxygen atoms in total. The van der Waals surface area contributed by atoms with Crippen molar-refractivity contribution in [3.05, 3.63) is 24.2 Å². The van der Waals surface area contributed by atoms with Gasteiger partial charge in [-0.2, -0.15) is 10.2 Å². The van der Waals surface area contributed by atoms with Crippen LogP contribution >= 0.6 is 0 Å². The van der Waals surface area contributed by atoms with E-state index in [2.05, 4.69) is 10.2 Å². The molecule has 0 aliphatic carbocycles. The summed E-state index contributed by atoms with van der Waals surface area (Å²) in [5, 5.41) is 8.30. The number of carbonyl (C=O) groups excluding carboxylic acids is 1. The van der Waals surface area contributed by atoms with Crippen LogP contribution in [0.4, 0.5) is 0 Å². The number of hydrogen-bond acceptors (Lipinski definition) is 5. The van der Waals surface area contributed by atoms with E-state index in [0.29, 0.717) is 17.5 Å². The van der Waals surface area contributed by atoms with Crippen LogP contribution in [-0.4, -0.2) is 45.8 Å². The first-order valence-corrected chi connectivity index (χ1v) is 7.99. The molecule has 8 heteroatoms. The largest absolute Gasteiger partial charge is 0.298 e. The van der Waals surface area contributed by atoms with E-state index in [1.807, 2.05) is 0 Å². The fourth-order valence-electron chi connectivity index (χ4n) is 1.78. The molecular weight excluding hydrogens is 280 g/mol. The van der Waals surface area contributed by atoms with E-state index in [1.54, 1.807) is 37.2 Å². The summed E-state index contributed by atoms with van der Waals surface area (Å²) in [6, 6.07) is 0. The van der Waals surface area contributed by atoms with Gasteiger partial charge in [0.1, 0.15) is 5.69 Å². The Kier molecular flexibility index (Phi) is 4.03. The van der Waals surface area contributed by atoms with E-state index < -0.39 is 9.84 Å². The minimum absolute atomic E-state index is 0.00988. The van der Waals surface area contributed by atoms with Crippen molar-refractivity contribution in [3.8, 4) is 11.3 Å². The molecule has 0 saturated heterocycles. The molecule has 0 aliphatic heterocycles. The first kappa shape index (κ1) is 14.4. The lowest BCUT2D eigenvalue weighted by Crippen LogP contribution is -2.14. The minimum atomic E-state index is -3.05. The summed E-state index contributed by atoms with van der Waals surface area (Å²) in [7, 11) is -1.28. The summed E-state index contributed by atoms with van der Waals surface area (Å²) in [5.41, 5.74) is 1.67. The van der Waals surface area contributed by atoms with Gasteiger partial charge in [-0.15, -0.1) is 0 Å². The van der Waals surface area contributed by atoms with Crippen molar-refractivity contribution >= 4 is 16.1 Å². The Morgan fingerprint density at radius 3 is 2.65 bits per heavy atom. The first-order valence-electron chi connectivity index (χ1n) is 6.17. The Balaban J connectivity index is 2.25. The highest BCUT2D eigenvalue weighted by Gasteiger charge is 2.14. The van der Waals surface area contributed by atoms with Crippen molar-refractivity contribution in [2.75, 3.05) is 11.5 Å². The maximum absolute atomic E-state index is 11.5. The van der Waals surface area contributed by atoms with Gasteiger partial charge in [-0.1, -0.05) is 6.92 Å². The number of aromatic nitrogens is 4. The zero-order valence-corrected chi connectivity index (χ0v) is 12.2. The van der Waals surface area contributed by atoms with E-state index in [-0.39, 0.29) is 18.1 Å². The lowest BCUT2D eigenvalue weighted by molar-refractivity contribution is 0.112. The van der Waals surface area contributed by atoms with Gasteiger partial charge in [0.05, 0.1) is 24.1 Å². The normalized spacial score (nSPS) is 11.7. The van der Waals surface area contributed by atoms with Crippen LogP contribution in [0.25, 0.3) is 11.3 Å². The zero-order valence-electron chi connectivity index (χ0n) is 11.4. The fraction of sp³-hybridized carbons (Fsp3) is 0.417. The van der Waals surface area contributed by atoms with Crippen molar-refractivity contribution in [2.45, 2.75) is 13.5 Å². The van der Waals surface area contributed by atoms with Gasteiger partial charge in [0.2, 0.25) is 0 Å². The second kappa shape index (κ2) is 5.58. The van der Waals surface area contributed by atoms with Crippen molar-refractivity contribution < 1.29 is 13.2 Å². The predicted molar refractivity (Wildman–Crippen MR) is 74.1 cm³/mol. The fourth-order valence-corrected chi connectivity index (χ4v) is 2.54. The van der Waals surface area contributed by atoms with Gasteiger partial charge in [0.15, 0.2) is 16.1 Å². The quantitative estimate of drug-likeness (QED) is 0.726. The molecule has 20 heavy (non-hydrogen) atoms. The molecule has 2 aromatic rings. The van der Waals surface area contributed by atoms with Gasteiger partial charge in [-0.25, -0.2) is 8.42 Å². The maximum Gasteiger partial charge on any atom is 0.153 e. The van der Waals surface area contributed by atoms with E-state index in [1.165, 1.54) is 4.68 Å². The Labute approximate surface area is 117 Å². The highest BCUT2D eigenvalue weighted by Crippen LogP contribution is 2.19. The number of carbonyl (C=O) groups is 1. The topological polar surface area (TPSA) is 86.9 Å². The molecule has 2 heterocycles. The van der Waals surface area contributed by atoms with Crippen molar-refractivity contribution in [3.63, 3.8) is 0 Å². The summed E-state index contributed by atoms with van der Waals surface area (Å²) in [6.07, 6.45) is 5.63. The van der Waals surface area contributed by atoms with Crippen LogP contribution in [0.1, 0.15) is 17.3 Å². The van der Waals surface area contributed by atoms with Crippen LogP contribution in [0.3, 0.4) is 0 Å². The van der Waals surface area contributed by atoms with E-state index in [0.717, 1.165) is 5.56 Å². The summed E-state index contributed by atoms with van der Waals surface area (Å²) >= 11 is 0. The van der Waals surface area contributed by atoms with E-state index >= 15 is 0 Å². The molecule has 2 rings (SSSR count). The van der Waals surface area contributed by atoms with E-state index in [4.69, 9.17) is 0 Å². The summed E-state index contributed by atoms with van der Waals surface area (Å²) in [5.74, 6) is 0.111. The third-order valence-corrected chi connectivity index (χ3v) is 4.65. The average Bonchev–Trinajstić information content (AvgIpc) is 3.02. The van der Waals surface area contributed by atoms with Crippen LogP contribution in [0.2, 0.25) is 0 Å². The number of nitrogens with zero attached hydrogens (tertiary/aromatic N) is 4.